The summed E-state index contributed by atoms with van der Waals surface area (Å²) >= 11 is 0. The van der Waals surface area contributed by atoms with Crippen molar-refractivity contribution in [1.82, 2.24) is 10.3 Å². The molecule has 25 heavy (non-hydrogen) atoms. The predicted octanol–water partition coefficient (Wildman–Crippen LogP) is 3.23. The van der Waals surface area contributed by atoms with Crippen molar-refractivity contribution in [3.63, 3.8) is 0 Å². The summed E-state index contributed by atoms with van der Waals surface area (Å²) in [5, 5.41) is 3.19. The van der Waals surface area contributed by atoms with Gasteiger partial charge < -0.3 is 10.2 Å². The highest BCUT2D eigenvalue weighted by Crippen LogP contribution is 2.44. The lowest BCUT2D eigenvalue weighted by atomic mass is 9.94. The highest BCUT2D eigenvalue weighted by atomic mass is 19.4. The van der Waals surface area contributed by atoms with E-state index in [2.05, 4.69) is 10.3 Å². The van der Waals surface area contributed by atoms with E-state index in [-0.39, 0.29) is 11.8 Å². The lowest BCUT2D eigenvalue weighted by Gasteiger charge is -2.24. The standard InChI is InChI=1S/C18H22F3N3O/c19-18(20,21)15-2-1-3-16(23-15)24-7-6-13(10-24)17(25)22-14-9-11-4-5-12(14)8-11/h1-3,11-14H,4-10H2,(H,22,25)/t11-,12+,13?,14-/m1/s1. The summed E-state index contributed by atoms with van der Waals surface area (Å²) in [6, 6.07) is 4.21. The third-order valence-corrected chi connectivity index (χ3v) is 5.97. The molecule has 1 unspecified atom stereocenters. The Kier molecular flexibility index (Phi) is 4.12. The predicted molar refractivity (Wildman–Crippen MR) is 86.9 cm³/mol. The van der Waals surface area contributed by atoms with Gasteiger partial charge in [0.05, 0.1) is 5.92 Å². The van der Waals surface area contributed by atoms with Gasteiger partial charge in [-0.3, -0.25) is 4.79 Å². The summed E-state index contributed by atoms with van der Waals surface area (Å²) in [6.45, 7) is 0.990. The Morgan fingerprint density at radius 2 is 2.04 bits per heavy atom. The monoisotopic (exact) mass is 353 g/mol. The third kappa shape index (κ3) is 3.33. The van der Waals surface area contributed by atoms with Gasteiger partial charge in [-0.2, -0.15) is 13.2 Å². The number of carbonyl (C=O) groups is 1. The zero-order valence-electron chi connectivity index (χ0n) is 13.9. The smallest absolute Gasteiger partial charge is 0.356 e. The number of amides is 1. The van der Waals surface area contributed by atoms with Gasteiger partial charge in [0.2, 0.25) is 5.91 Å². The quantitative estimate of drug-likeness (QED) is 0.907. The first kappa shape index (κ1) is 16.7. The molecule has 1 aliphatic heterocycles. The second-order valence-corrected chi connectivity index (χ2v) is 7.60. The van der Waals surface area contributed by atoms with Crippen LogP contribution in [0.15, 0.2) is 18.2 Å². The van der Waals surface area contributed by atoms with Crippen molar-refractivity contribution in [2.24, 2.45) is 17.8 Å². The molecule has 4 nitrogen and oxygen atoms in total. The topological polar surface area (TPSA) is 45.2 Å². The highest BCUT2D eigenvalue weighted by Gasteiger charge is 2.41. The second-order valence-electron chi connectivity index (χ2n) is 7.60. The Hall–Kier alpha value is -1.79. The van der Waals surface area contributed by atoms with E-state index in [1.54, 1.807) is 11.0 Å². The van der Waals surface area contributed by atoms with Gasteiger partial charge in [-0.05, 0) is 49.7 Å². The number of hydrogen-bond donors (Lipinski definition) is 1. The lowest BCUT2D eigenvalue weighted by molar-refractivity contribution is -0.141. The Balaban J connectivity index is 1.37. The molecule has 2 heterocycles. The molecule has 7 heteroatoms. The van der Waals surface area contributed by atoms with Gasteiger partial charge in [0.25, 0.3) is 0 Å². The van der Waals surface area contributed by atoms with E-state index in [0.29, 0.717) is 37.3 Å². The summed E-state index contributed by atoms with van der Waals surface area (Å²) in [7, 11) is 0. The number of nitrogens with one attached hydrogen (secondary N) is 1. The van der Waals surface area contributed by atoms with Crippen LogP contribution in [-0.2, 0) is 11.0 Å². The van der Waals surface area contributed by atoms with Crippen molar-refractivity contribution in [2.75, 3.05) is 18.0 Å². The first-order chi connectivity index (χ1) is 11.9. The molecular weight excluding hydrogens is 331 g/mol. The summed E-state index contributed by atoms with van der Waals surface area (Å²) in [6.07, 6.45) is 1.02. The van der Waals surface area contributed by atoms with Crippen LogP contribution in [-0.4, -0.2) is 30.0 Å². The van der Waals surface area contributed by atoms with Gasteiger partial charge in [0, 0.05) is 19.1 Å². The van der Waals surface area contributed by atoms with Gasteiger partial charge in [-0.1, -0.05) is 12.5 Å². The third-order valence-electron chi connectivity index (χ3n) is 5.97. The lowest BCUT2D eigenvalue weighted by Crippen LogP contribution is -2.42. The number of rotatable bonds is 3. The molecule has 4 rings (SSSR count). The molecule has 1 N–H and O–H groups in total. The number of aromatic nitrogens is 1. The van der Waals surface area contributed by atoms with E-state index >= 15 is 0 Å². The molecule has 136 valence electrons. The molecule has 1 amide bonds. The number of nitrogens with zero attached hydrogens (tertiary/aromatic N) is 2. The van der Waals surface area contributed by atoms with Crippen LogP contribution in [0.5, 0.6) is 0 Å². The summed E-state index contributed by atoms with van der Waals surface area (Å²) in [4.78, 5) is 18.0. The number of anilines is 1. The van der Waals surface area contributed by atoms with Crippen molar-refractivity contribution in [3.05, 3.63) is 23.9 Å². The van der Waals surface area contributed by atoms with Gasteiger partial charge in [0.1, 0.15) is 11.5 Å². The van der Waals surface area contributed by atoms with Crippen LogP contribution in [0.3, 0.4) is 0 Å². The number of halogens is 3. The van der Waals surface area contributed by atoms with Crippen LogP contribution >= 0.6 is 0 Å². The number of pyridine rings is 1. The minimum Gasteiger partial charge on any atom is -0.356 e. The molecule has 3 aliphatic rings. The van der Waals surface area contributed by atoms with Crippen molar-refractivity contribution >= 4 is 11.7 Å². The zero-order chi connectivity index (χ0) is 17.6. The van der Waals surface area contributed by atoms with Gasteiger partial charge >= 0.3 is 6.18 Å². The van der Waals surface area contributed by atoms with E-state index in [0.717, 1.165) is 18.4 Å². The Bertz CT molecular complexity index is 663. The van der Waals surface area contributed by atoms with Crippen LogP contribution in [0.4, 0.5) is 19.0 Å². The van der Waals surface area contributed by atoms with Crippen LogP contribution in [0.1, 0.15) is 37.8 Å². The van der Waals surface area contributed by atoms with E-state index in [4.69, 9.17) is 0 Å². The van der Waals surface area contributed by atoms with Gasteiger partial charge in [-0.25, -0.2) is 4.98 Å². The van der Waals surface area contributed by atoms with Crippen LogP contribution in [0.25, 0.3) is 0 Å². The van der Waals surface area contributed by atoms with Crippen molar-refractivity contribution < 1.29 is 18.0 Å². The summed E-state index contributed by atoms with van der Waals surface area (Å²) in [5.41, 5.74) is -0.889. The summed E-state index contributed by atoms with van der Waals surface area (Å²) < 4.78 is 38.4. The number of alkyl halides is 3. The average Bonchev–Trinajstić information content (AvgIpc) is 3.30. The molecule has 0 aromatic carbocycles. The number of carbonyl (C=O) groups excluding carboxylic acids is 1. The van der Waals surface area contributed by atoms with E-state index in [1.807, 2.05) is 0 Å². The van der Waals surface area contributed by atoms with Crippen LogP contribution in [0.2, 0.25) is 0 Å². The molecule has 2 aliphatic carbocycles. The van der Waals surface area contributed by atoms with Crippen LogP contribution in [0, 0.1) is 17.8 Å². The molecule has 0 spiro atoms. The molecule has 3 fully saturated rings. The van der Waals surface area contributed by atoms with E-state index < -0.39 is 11.9 Å². The second kappa shape index (κ2) is 6.18. The average molecular weight is 353 g/mol. The molecule has 4 atom stereocenters. The maximum atomic E-state index is 12.8. The van der Waals surface area contributed by atoms with Crippen LogP contribution < -0.4 is 10.2 Å². The number of fused-ring (bicyclic) bond motifs is 2. The number of hydrogen-bond acceptors (Lipinski definition) is 3. The van der Waals surface area contributed by atoms with E-state index in [1.165, 1.54) is 25.3 Å². The van der Waals surface area contributed by atoms with Gasteiger partial charge in [-0.15, -0.1) is 0 Å². The summed E-state index contributed by atoms with van der Waals surface area (Å²) in [5.74, 6) is 1.56. The molecule has 1 aromatic heterocycles. The molecule has 1 aromatic rings. The molecule has 1 saturated heterocycles. The fourth-order valence-corrected chi connectivity index (χ4v) is 4.66. The molecule has 2 saturated carbocycles. The van der Waals surface area contributed by atoms with E-state index in [9.17, 15) is 18.0 Å². The Morgan fingerprint density at radius 1 is 1.20 bits per heavy atom. The highest BCUT2D eigenvalue weighted by molar-refractivity contribution is 5.80. The van der Waals surface area contributed by atoms with Crippen molar-refractivity contribution in [3.8, 4) is 0 Å². The first-order valence-corrected chi connectivity index (χ1v) is 9.00. The largest absolute Gasteiger partial charge is 0.433 e. The maximum absolute atomic E-state index is 12.8. The minimum atomic E-state index is -4.45. The van der Waals surface area contributed by atoms with Gasteiger partial charge in [0.15, 0.2) is 0 Å². The Labute approximate surface area is 144 Å². The fraction of sp³-hybridized carbons (Fsp3) is 0.667. The normalized spacial score (nSPS) is 31.6. The zero-order valence-corrected chi connectivity index (χ0v) is 13.9. The fourth-order valence-electron chi connectivity index (χ4n) is 4.66. The first-order valence-electron chi connectivity index (χ1n) is 9.00. The molecule has 2 bridgehead atoms. The Morgan fingerprint density at radius 3 is 2.72 bits per heavy atom. The molecule has 0 radical (unpaired) electrons. The van der Waals surface area contributed by atoms with Crippen molar-refractivity contribution in [1.29, 1.82) is 0 Å². The SMILES string of the molecule is O=C(N[C@@H]1C[C@@H]2CC[C@H]1C2)C1CCN(c2cccc(C(F)(F)F)n2)C1. The minimum absolute atomic E-state index is 0.0482. The molecular formula is C18H22F3N3O. The van der Waals surface area contributed by atoms with Crippen molar-refractivity contribution in [2.45, 2.75) is 44.3 Å². The maximum Gasteiger partial charge on any atom is 0.433 e.